The summed E-state index contributed by atoms with van der Waals surface area (Å²) >= 11 is 0. The third kappa shape index (κ3) is 4.95. The fraction of sp³-hybridized carbons (Fsp3) is 0.545. The van der Waals surface area contributed by atoms with Gasteiger partial charge in [0.1, 0.15) is 5.82 Å². The molecule has 0 aromatic carbocycles. The SMILES string of the molecule is CCCOCCCNc1ccnc(NN)c1. The van der Waals surface area contributed by atoms with Crippen LogP contribution in [0.15, 0.2) is 18.3 Å². The van der Waals surface area contributed by atoms with Crippen molar-refractivity contribution < 1.29 is 4.74 Å². The Morgan fingerprint density at radius 1 is 1.44 bits per heavy atom. The number of nitrogens with zero attached hydrogens (tertiary/aromatic N) is 1. The smallest absolute Gasteiger partial charge is 0.141 e. The second kappa shape index (κ2) is 7.90. The molecule has 0 bridgehead atoms. The van der Waals surface area contributed by atoms with E-state index >= 15 is 0 Å². The molecular weight excluding hydrogens is 204 g/mol. The Morgan fingerprint density at radius 2 is 2.31 bits per heavy atom. The van der Waals surface area contributed by atoms with Gasteiger partial charge in [-0.3, -0.25) is 0 Å². The average Bonchev–Trinajstić information content (AvgIpc) is 2.34. The van der Waals surface area contributed by atoms with E-state index in [2.05, 4.69) is 22.7 Å². The molecule has 0 saturated heterocycles. The minimum Gasteiger partial charge on any atom is -0.385 e. The van der Waals surface area contributed by atoms with Crippen LogP contribution in [0.3, 0.4) is 0 Å². The molecule has 0 aliphatic heterocycles. The summed E-state index contributed by atoms with van der Waals surface area (Å²) in [4.78, 5) is 4.03. The first-order valence-electron chi connectivity index (χ1n) is 5.61. The number of nitrogen functional groups attached to an aromatic ring is 1. The topological polar surface area (TPSA) is 72.2 Å². The van der Waals surface area contributed by atoms with Crippen LogP contribution in [0.4, 0.5) is 11.5 Å². The van der Waals surface area contributed by atoms with Crippen molar-refractivity contribution in [3.05, 3.63) is 18.3 Å². The summed E-state index contributed by atoms with van der Waals surface area (Å²) in [5, 5.41) is 3.28. The van der Waals surface area contributed by atoms with Crippen molar-refractivity contribution in [3.8, 4) is 0 Å². The van der Waals surface area contributed by atoms with Crippen LogP contribution in [0.25, 0.3) is 0 Å². The van der Waals surface area contributed by atoms with E-state index in [0.717, 1.165) is 38.3 Å². The number of hydrogen-bond donors (Lipinski definition) is 3. The quantitative estimate of drug-likeness (QED) is 0.355. The van der Waals surface area contributed by atoms with Crippen molar-refractivity contribution in [1.29, 1.82) is 0 Å². The molecule has 0 radical (unpaired) electrons. The van der Waals surface area contributed by atoms with Crippen LogP contribution in [-0.4, -0.2) is 24.7 Å². The van der Waals surface area contributed by atoms with Gasteiger partial charge in [-0.15, -0.1) is 0 Å². The van der Waals surface area contributed by atoms with E-state index < -0.39 is 0 Å². The van der Waals surface area contributed by atoms with Crippen molar-refractivity contribution >= 4 is 11.5 Å². The first-order valence-corrected chi connectivity index (χ1v) is 5.61. The molecule has 0 aliphatic rings. The van der Waals surface area contributed by atoms with Crippen LogP contribution in [0.1, 0.15) is 19.8 Å². The summed E-state index contributed by atoms with van der Waals surface area (Å²) < 4.78 is 5.38. The number of nitrogens with two attached hydrogens (primary N) is 1. The Bertz CT molecular complexity index is 293. The highest BCUT2D eigenvalue weighted by Gasteiger charge is 1.94. The highest BCUT2D eigenvalue weighted by atomic mass is 16.5. The van der Waals surface area contributed by atoms with Gasteiger partial charge in [0.15, 0.2) is 0 Å². The van der Waals surface area contributed by atoms with E-state index in [-0.39, 0.29) is 0 Å². The molecule has 1 aromatic heterocycles. The summed E-state index contributed by atoms with van der Waals surface area (Å²) in [6, 6.07) is 3.78. The predicted molar refractivity (Wildman–Crippen MR) is 66.3 cm³/mol. The van der Waals surface area contributed by atoms with Gasteiger partial charge in [-0.1, -0.05) is 6.92 Å². The molecule has 0 atom stereocenters. The fourth-order valence-electron chi connectivity index (χ4n) is 1.27. The van der Waals surface area contributed by atoms with Crippen molar-refractivity contribution in [2.75, 3.05) is 30.5 Å². The van der Waals surface area contributed by atoms with E-state index in [1.54, 1.807) is 6.20 Å². The first kappa shape index (κ1) is 12.7. The van der Waals surface area contributed by atoms with Crippen LogP contribution < -0.4 is 16.6 Å². The van der Waals surface area contributed by atoms with Gasteiger partial charge in [-0.25, -0.2) is 10.8 Å². The number of aromatic nitrogens is 1. The highest BCUT2D eigenvalue weighted by molar-refractivity contribution is 5.51. The van der Waals surface area contributed by atoms with Crippen LogP contribution in [0.5, 0.6) is 0 Å². The molecule has 0 aliphatic carbocycles. The minimum atomic E-state index is 0.659. The Balaban J connectivity index is 2.16. The van der Waals surface area contributed by atoms with Crippen LogP contribution >= 0.6 is 0 Å². The maximum absolute atomic E-state index is 5.38. The van der Waals surface area contributed by atoms with Gasteiger partial charge in [0.05, 0.1) is 0 Å². The number of anilines is 2. The zero-order chi connectivity index (χ0) is 11.6. The predicted octanol–water partition coefficient (Wildman–Crippen LogP) is 1.60. The van der Waals surface area contributed by atoms with Crippen LogP contribution in [0, 0.1) is 0 Å². The normalized spacial score (nSPS) is 10.1. The highest BCUT2D eigenvalue weighted by Crippen LogP contribution is 2.10. The number of hydrogen-bond acceptors (Lipinski definition) is 5. The lowest BCUT2D eigenvalue weighted by molar-refractivity contribution is 0.134. The van der Waals surface area contributed by atoms with Crippen LogP contribution in [-0.2, 0) is 4.74 Å². The number of nitrogens with one attached hydrogen (secondary N) is 2. The minimum absolute atomic E-state index is 0.659. The Labute approximate surface area is 96.4 Å². The average molecular weight is 224 g/mol. The summed E-state index contributed by atoms with van der Waals surface area (Å²) in [6.07, 6.45) is 3.78. The Kier molecular flexibility index (Phi) is 6.29. The van der Waals surface area contributed by atoms with Gasteiger partial charge in [0.25, 0.3) is 0 Å². The molecule has 0 unspecified atom stereocenters. The lowest BCUT2D eigenvalue weighted by atomic mass is 10.3. The molecule has 4 N–H and O–H groups in total. The summed E-state index contributed by atoms with van der Waals surface area (Å²) in [7, 11) is 0. The zero-order valence-electron chi connectivity index (χ0n) is 9.70. The summed E-state index contributed by atoms with van der Waals surface area (Å²) in [6.45, 7) is 4.64. The number of ether oxygens (including phenoxy) is 1. The molecule has 0 spiro atoms. The molecule has 5 nitrogen and oxygen atoms in total. The van der Waals surface area contributed by atoms with Crippen molar-refractivity contribution in [3.63, 3.8) is 0 Å². The van der Waals surface area contributed by atoms with E-state index in [1.165, 1.54) is 0 Å². The maximum Gasteiger partial charge on any atom is 0.141 e. The molecule has 0 saturated carbocycles. The maximum atomic E-state index is 5.38. The summed E-state index contributed by atoms with van der Waals surface area (Å²) in [5.41, 5.74) is 3.52. The number of pyridine rings is 1. The lowest BCUT2D eigenvalue weighted by Crippen LogP contribution is -2.10. The number of hydrazine groups is 1. The monoisotopic (exact) mass is 224 g/mol. The Morgan fingerprint density at radius 3 is 3.06 bits per heavy atom. The third-order valence-electron chi connectivity index (χ3n) is 2.05. The second-order valence-electron chi connectivity index (χ2n) is 3.47. The van der Waals surface area contributed by atoms with Crippen molar-refractivity contribution in [2.24, 2.45) is 5.84 Å². The van der Waals surface area contributed by atoms with Gasteiger partial charge in [-0.2, -0.15) is 0 Å². The molecule has 0 amide bonds. The molecule has 1 rings (SSSR count). The lowest BCUT2D eigenvalue weighted by Gasteiger charge is -2.07. The van der Waals surface area contributed by atoms with Gasteiger partial charge in [0.2, 0.25) is 0 Å². The van der Waals surface area contributed by atoms with E-state index in [0.29, 0.717) is 5.82 Å². The van der Waals surface area contributed by atoms with Gasteiger partial charge < -0.3 is 15.5 Å². The molecule has 0 fully saturated rings. The molecular formula is C11H20N4O. The van der Waals surface area contributed by atoms with E-state index in [4.69, 9.17) is 10.6 Å². The molecule has 16 heavy (non-hydrogen) atoms. The summed E-state index contributed by atoms with van der Waals surface area (Å²) in [5.74, 6) is 5.93. The van der Waals surface area contributed by atoms with Gasteiger partial charge >= 0.3 is 0 Å². The largest absolute Gasteiger partial charge is 0.385 e. The fourth-order valence-corrected chi connectivity index (χ4v) is 1.27. The molecule has 90 valence electrons. The van der Waals surface area contributed by atoms with Crippen LogP contribution in [0.2, 0.25) is 0 Å². The molecule has 5 heteroatoms. The van der Waals surface area contributed by atoms with Gasteiger partial charge in [-0.05, 0) is 18.9 Å². The second-order valence-corrected chi connectivity index (χ2v) is 3.47. The zero-order valence-corrected chi connectivity index (χ0v) is 9.70. The first-order chi connectivity index (χ1) is 7.86. The molecule has 1 heterocycles. The molecule has 1 aromatic rings. The third-order valence-corrected chi connectivity index (χ3v) is 2.05. The Hall–Kier alpha value is -1.33. The van der Waals surface area contributed by atoms with E-state index in [1.807, 2.05) is 12.1 Å². The van der Waals surface area contributed by atoms with Crippen molar-refractivity contribution in [1.82, 2.24) is 4.98 Å². The van der Waals surface area contributed by atoms with Gasteiger partial charge in [0, 0.05) is 37.7 Å². The van der Waals surface area contributed by atoms with Crippen molar-refractivity contribution in [2.45, 2.75) is 19.8 Å². The number of rotatable bonds is 8. The standard InChI is InChI=1S/C11H20N4O/c1-2-7-16-8-3-5-13-10-4-6-14-11(9-10)15-12/h4,6,9H,2-3,5,7-8,12H2,1H3,(H2,13,14,15). The van der Waals surface area contributed by atoms with E-state index in [9.17, 15) is 0 Å².